The molecule has 0 saturated carbocycles. The molecule has 0 aliphatic carbocycles. The molecule has 0 radical (unpaired) electrons. The summed E-state index contributed by atoms with van der Waals surface area (Å²) in [5, 5.41) is 9.27. The van der Waals surface area contributed by atoms with Crippen LogP contribution in [0, 0.1) is 0 Å². The zero-order valence-electron chi connectivity index (χ0n) is 23.1. The molecule has 2 aromatic carbocycles. The van der Waals surface area contributed by atoms with E-state index in [4.69, 9.17) is 35.9 Å². The van der Waals surface area contributed by atoms with Gasteiger partial charge < -0.3 is 19.5 Å². The van der Waals surface area contributed by atoms with Gasteiger partial charge in [-0.2, -0.15) is 4.98 Å². The molecule has 1 aromatic heterocycles. The van der Waals surface area contributed by atoms with Crippen molar-refractivity contribution in [2.45, 2.75) is 63.4 Å². The van der Waals surface area contributed by atoms with Crippen LogP contribution in [0.4, 0.5) is 5.95 Å². The van der Waals surface area contributed by atoms with E-state index in [2.05, 4.69) is 28.2 Å². The number of hydrogen-bond acceptors (Lipinski definition) is 8. The molecule has 4 rings (SSSR count). The van der Waals surface area contributed by atoms with E-state index >= 15 is 0 Å². The maximum atomic E-state index is 13.0. The van der Waals surface area contributed by atoms with Crippen LogP contribution < -0.4 is 14.8 Å². The third-order valence-corrected chi connectivity index (χ3v) is 8.29. The fraction of sp³-hybridized carbons (Fsp3) is 0.414. The van der Waals surface area contributed by atoms with Crippen molar-refractivity contribution >= 4 is 51.2 Å². The van der Waals surface area contributed by atoms with E-state index < -0.39 is 12.0 Å². The van der Waals surface area contributed by atoms with E-state index in [1.54, 1.807) is 4.68 Å². The topological polar surface area (TPSA) is 87.5 Å². The minimum Gasteiger partial charge on any atom is -0.490 e. The first-order chi connectivity index (χ1) is 19.4. The van der Waals surface area contributed by atoms with Crippen molar-refractivity contribution < 1.29 is 19.0 Å². The Morgan fingerprint density at radius 3 is 2.70 bits per heavy atom. The number of aromatic nitrogens is 3. The van der Waals surface area contributed by atoms with Gasteiger partial charge in [0.2, 0.25) is 11.1 Å². The highest BCUT2D eigenvalue weighted by atomic mass is 79.9. The normalized spacial score (nSPS) is 14.5. The number of allylic oxidation sites excluding steroid dienone is 1. The predicted octanol–water partition coefficient (Wildman–Crippen LogP) is 7.81. The predicted molar refractivity (Wildman–Crippen MR) is 162 cm³/mol. The molecule has 3 aromatic rings. The largest absolute Gasteiger partial charge is 0.490 e. The number of carbonyl (C=O) groups excluding carboxylic acids is 1. The second-order valence-electron chi connectivity index (χ2n) is 9.27. The van der Waals surface area contributed by atoms with Crippen molar-refractivity contribution in [3.63, 3.8) is 0 Å². The highest BCUT2D eigenvalue weighted by Crippen LogP contribution is 2.43. The van der Waals surface area contributed by atoms with Crippen LogP contribution >= 0.6 is 39.3 Å². The van der Waals surface area contributed by atoms with Crippen molar-refractivity contribution in [3.8, 4) is 11.5 Å². The number of ether oxygens (including phenoxy) is 3. The number of hydrogen-bond donors (Lipinski definition) is 1. The molecule has 8 nitrogen and oxygen atoms in total. The van der Waals surface area contributed by atoms with E-state index in [0.29, 0.717) is 57.9 Å². The van der Waals surface area contributed by atoms with Crippen LogP contribution in [0.1, 0.15) is 63.6 Å². The standard InChI is InChI=1S/C29H34BrClN4O4S/c1-5-7-8-11-14-39-26-21(30)15-20(16-23(26)38-6-2)25-24(27(36)37-4)18(3)32-28-33-29(34-35(25)28)40-17-19-12-9-10-13-22(19)31/h9-10,12-13,15-16,25H,5-8,11,14,17H2,1-4H3,(H,32,33,34). The first-order valence-corrected chi connectivity index (χ1v) is 15.5. The zero-order valence-corrected chi connectivity index (χ0v) is 26.3. The molecule has 1 aliphatic rings. The van der Waals surface area contributed by atoms with Crippen molar-refractivity contribution in [3.05, 3.63) is 68.3 Å². The molecule has 1 aliphatic heterocycles. The highest BCUT2D eigenvalue weighted by Gasteiger charge is 2.36. The van der Waals surface area contributed by atoms with Crippen molar-refractivity contribution in [2.75, 3.05) is 25.6 Å². The number of methoxy groups -OCH3 is 1. The first-order valence-electron chi connectivity index (χ1n) is 13.4. The summed E-state index contributed by atoms with van der Waals surface area (Å²) >= 11 is 11.5. The molecular formula is C29H34BrClN4O4S. The van der Waals surface area contributed by atoms with Gasteiger partial charge in [-0.25, -0.2) is 9.48 Å². The molecule has 0 saturated heterocycles. The van der Waals surface area contributed by atoms with Gasteiger partial charge in [0.15, 0.2) is 11.5 Å². The number of anilines is 1. The molecule has 1 N–H and O–H groups in total. The average molecular weight is 650 g/mol. The summed E-state index contributed by atoms with van der Waals surface area (Å²) in [4.78, 5) is 17.8. The number of nitrogens with one attached hydrogen (secondary N) is 1. The Labute approximate surface area is 252 Å². The summed E-state index contributed by atoms with van der Waals surface area (Å²) < 4.78 is 19.8. The molecule has 1 atom stereocenters. The maximum Gasteiger partial charge on any atom is 0.338 e. The summed E-state index contributed by atoms with van der Waals surface area (Å²) in [6.07, 6.45) is 4.42. The third kappa shape index (κ3) is 6.95. The SMILES string of the molecule is CCCCCCOc1c(Br)cc(C2C(C(=O)OC)=C(C)Nc3nc(SCc4ccccc4Cl)nn32)cc1OCC. The van der Waals surface area contributed by atoms with Crippen LogP contribution in [0.3, 0.4) is 0 Å². The zero-order chi connectivity index (χ0) is 28.6. The summed E-state index contributed by atoms with van der Waals surface area (Å²) in [5.41, 5.74) is 2.85. The Morgan fingerprint density at radius 2 is 1.98 bits per heavy atom. The molecule has 0 spiro atoms. The minimum atomic E-state index is -0.597. The van der Waals surface area contributed by atoms with Gasteiger partial charge in [-0.3, -0.25) is 0 Å². The molecule has 11 heteroatoms. The summed E-state index contributed by atoms with van der Waals surface area (Å²) in [7, 11) is 1.37. The number of esters is 1. The Bertz CT molecular complexity index is 1380. The Hall–Kier alpha value is -2.69. The number of unbranched alkanes of at least 4 members (excludes halogenated alkanes) is 3. The number of nitrogens with zero attached hydrogens (tertiary/aromatic N) is 3. The number of fused-ring (bicyclic) bond motifs is 1. The quantitative estimate of drug-likeness (QED) is 0.114. The minimum absolute atomic E-state index is 0.435. The molecular weight excluding hydrogens is 616 g/mol. The van der Waals surface area contributed by atoms with Crippen molar-refractivity contribution in [2.24, 2.45) is 0 Å². The number of rotatable bonds is 13. The van der Waals surface area contributed by atoms with Crippen LogP contribution in [-0.4, -0.2) is 41.1 Å². The molecule has 0 amide bonds. The van der Waals surface area contributed by atoms with Gasteiger partial charge in [-0.1, -0.05) is 67.7 Å². The van der Waals surface area contributed by atoms with Crippen LogP contribution in [0.25, 0.3) is 0 Å². The fourth-order valence-corrected chi connectivity index (χ4v) is 6.17. The van der Waals surface area contributed by atoms with Gasteiger partial charge >= 0.3 is 5.97 Å². The van der Waals surface area contributed by atoms with Crippen LogP contribution in [0.2, 0.25) is 5.02 Å². The number of benzene rings is 2. The number of halogens is 2. The molecule has 0 fully saturated rings. The average Bonchev–Trinajstić information content (AvgIpc) is 3.34. The molecule has 2 heterocycles. The lowest BCUT2D eigenvalue weighted by molar-refractivity contribution is -0.136. The van der Waals surface area contributed by atoms with Gasteiger partial charge in [0.25, 0.3) is 0 Å². The lowest BCUT2D eigenvalue weighted by Crippen LogP contribution is -2.29. The number of carbonyl (C=O) groups is 1. The third-order valence-electron chi connectivity index (χ3n) is 6.44. The summed E-state index contributed by atoms with van der Waals surface area (Å²) in [5.74, 6) is 1.92. The van der Waals surface area contributed by atoms with E-state index in [0.717, 1.165) is 28.4 Å². The monoisotopic (exact) mass is 648 g/mol. The van der Waals surface area contributed by atoms with Crippen molar-refractivity contribution in [1.29, 1.82) is 0 Å². The van der Waals surface area contributed by atoms with E-state index in [-0.39, 0.29) is 0 Å². The van der Waals surface area contributed by atoms with Crippen LogP contribution in [0.15, 0.2) is 57.3 Å². The van der Waals surface area contributed by atoms with E-state index in [9.17, 15) is 4.79 Å². The maximum absolute atomic E-state index is 13.0. The van der Waals surface area contributed by atoms with E-state index in [1.807, 2.05) is 50.2 Å². The van der Waals surface area contributed by atoms with Crippen LogP contribution in [0.5, 0.6) is 11.5 Å². The van der Waals surface area contributed by atoms with Crippen LogP contribution in [-0.2, 0) is 15.3 Å². The van der Waals surface area contributed by atoms with E-state index in [1.165, 1.54) is 31.7 Å². The molecule has 214 valence electrons. The van der Waals surface area contributed by atoms with Crippen molar-refractivity contribution in [1.82, 2.24) is 14.8 Å². The van der Waals surface area contributed by atoms with Gasteiger partial charge in [-0.15, -0.1) is 5.10 Å². The van der Waals surface area contributed by atoms with Gasteiger partial charge in [0, 0.05) is 16.5 Å². The molecule has 1 unspecified atom stereocenters. The van der Waals surface area contributed by atoms with Gasteiger partial charge in [0.1, 0.15) is 6.04 Å². The second kappa shape index (κ2) is 14.3. The molecule has 40 heavy (non-hydrogen) atoms. The highest BCUT2D eigenvalue weighted by molar-refractivity contribution is 9.10. The number of thioether (sulfide) groups is 1. The lowest BCUT2D eigenvalue weighted by Gasteiger charge is -2.28. The summed E-state index contributed by atoms with van der Waals surface area (Å²) in [6.45, 7) is 7.00. The van der Waals surface area contributed by atoms with Gasteiger partial charge in [0.05, 0.1) is 30.4 Å². The Kier molecular flexibility index (Phi) is 10.8. The van der Waals surface area contributed by atoms with Gasteiger partial charge in [-0.05, 0) is 65.5 Å². The Balaban J connectivity index is 1.70. The Morgan fingerprint density at radius 1 is 1.18 bits per heavy atom. The first kappa shape index (κ1) is 30.3. The second-order valence-corrected chi connectivity index (χ2v) is 11.5. The summed E-state index contributed by atoms with van der Waals surface area (Å²) in [6, 6.07) is 10.9. The fourth-order valence-electron chi connectivity index (χ4n) is 4.48. The lowest BCUT2D eigenvalue weighted by atomic mass is 9.95. The smallest absolute Gasteiger partial charge is 0.338 e. The molecule has 0 bridgehead atoms.